The van der Waals surface area contributed by atoms with E-state index in [0.717, 1.165) is 22.8 Å². The quantitative estimate of drug-likeness (QED) is 0.325. The molecular weight excluding hydrogens is 519 g/mol. The molecule has 0 radical (unpaired) electrons. The zero-order valence-electron chi connectivity index (χ0n) is 20.0. The molecule has 3 N–H and O–H groups in total. The molecule has 0 unspecified atom stereocenters. The summed E-state index contributed by atoms with van der Waals surface area (Å²) >= 11 is 5.87. The summed E-state index contributed by atoms with van der Waals surface area (Å²) in [6, 6.07) is 14.6. The van der Waals surface area contributed by atoms with Crippen LogP contribution in [0.25, 0.3) is 11.3 Å². The number of pyridine rings is 2. The third-order valence-electron chi connectivity index (χ3n) is 5.36. The van der Waals surface area contributed by atoms with Crippen molar-refractivity contribution in [1.82, 2.24) is 14.7 Å². The molecule has 0 aliphatic rings. The van der Waals surface area contributed by atoms with Crippen LogP contribution in [-0.4, -0.2) is 24.3 Å². The molecule has 4 aromatic rings. The van der Waals surface area contributed by atoms with Crippen LogP contribution >= 0.6 is 11.6 Å². The molecule has 2 aromatic carbocycles. The molecule has 0 saturated carbocycles. The van der Waals surface area contributed by atoms with Crippen molar-refractivity contribution in [3.8, 4) is 22.9 Å². The van der Waals surface area contributed by atoms with Crippen molar-refractivity contribution >= 4 is 33.3 Å². The normalized spacial score (nSPS) is 11.3. The van der Waals surface area contributed by atoms with Crippen molar-refractivity contribution in [3.63, 3.8) is 0 Å². The highest BCUT2D eigenvalue weighted by atomic mass is 35.5. The molecule has 11 heteroatoms. The highest BCUT2D eigenvalue weighted by Gasteiger charge is 2.25. The molecule has 2 heterocycles. The number of rotatable bonds is 6. The highest BCUT2D eigenvalue weighted by molar-refractivity contribution is 7.90. The second-order valence-electron chi connectivity index (χ2n) is 8.34. The van der Waals surface area contributed by atoms with E-state index in [1.807, 2.05) is 37.6 Å². The lowest BCUT2D eigenvalue weighted by Gasteiger charge is -2.16. The third-order valence-corrected chi connectivity index (χ3v) is 6.83. The molecular formula is C26H24ClFN4O4S. The average molecular weight is 543 g/mol. The van der Waals surface area contributed by atoms with Gasteiger partial charge >= 0.3 is 0 Å². The van der Waals surface area contributed by atoms with Crippen molar-refractivity contribution < 1.29 is 23.8 Å². The van der Waals surface area contributed by atoms with E-state index in [1.165, 1.54) is 42.5 Å². The van der Waals surface area contributed by atoms with Gasteiger partial charge in [0.1, 0.15) is 22.9 Å². The average Bonchev–Trinajstić information content (AvgIpc) is 2.81. The number of aromatic nitrogens is 2. The van der Waals surface area contributed by atoms with Gasteiger partial charge in [-0.2, -0.15) is 8.42 Å². The van der Waals surface area contributed by atoms with Gasteiger partial charge in [0.2, 0.25) is 5.88 Å². The Labute approximate surface area is 219 Å². The predicted molar refractivity (Wildman–Crippen MR) is 141 cm³/mol. The molecule has 2 aromatic heterocycles. The number of amides is 1. The van der Waals surface area contributed by atoms with Crippen molar-refractivity contribution in [2.45, 2.75) is 25.8 Å². The Hall–Kier alpha value is -4.02. The van der Waals surface area contributed by atoms with Crippen molar-refractivity contribution in [2.75, 3.05) is 5.73 Å². The van der Waals surface area contributed by atoms with Crippen molar-refractivity contribution in [2.24, 2.45) is 0 Å². The van der Waals surface area contributed by atoms with Crippen LogP contribution in [0, 0.1) is 26.6 Å². The van der Waals surface area contributed by atoms with Gasteiger partial charge < -0.3 is 10.5 Å². The topological polar surface area (TPSA) is 124 Å². The molecule has 1 amide bonds. The van der Waals surface area contributed by atoms with Crippen molar-refractivity contribution in [1.29, 1.82) is 0 Å². The summed E-state index contributed by atoms with van der Waals surface area (Å²) < 4.78 is 48.2. The van der Waals surface area contributed by atoms with Crippen LogP contribution in [0.1, 0.15) is 28.5 Å². The minimum absolute atomic E-state index is 0. The van der Waals surface area contributed by atoms with Crippen LogP contribution in [0.4, 0.5) is 10.2 Å². The summed E-state index contributed by atoms with van der Waals surface area (Å²) in [7, 11) is -4.36. The summed E-state index contributed by atoms with van der Waals surface area (Å²) in [5.41, 5.74) is 8.21. The summed E-state index contributed by atoms with van der Waals surface area (Å²) in [5.74, 6) is -1.45. The number of nitrogens with zero attached hydrogens (tertiary/aromatic N) is 2. The first kappa shape index (κ1) is 26.1. The Morgan fingerprint density at radius 2 is 1.73 bits per heavy atom. The lowest BCUT2D eigenvalue weighted by Crippen LogP contribution is -2.31. The van der Waals surface area contributed by atoms with Gasteiger partial charge in [-0.3, -0.25) is 4.79 Å². The molecule has 192 valence electrons. The maximum absolute atomic E-state index is 14.6. The predicted octanol–water partition coefficient (Wildman–Crippen LogP) is 5.60. The fraction of sp³-hybridized carbons (Fsp3) is 0.115. The van der Waals surface area contributed by atoms with Gasteiger partial charge in [-0.15, -0.1) is 0 Å². The number of hydrogen-bond donors (Lipinski definition) is 2. The minimum Gasteiger partial charge on any atom is -0.438 e. The lowest BCUT2D eigenvalue weighted by molar-refractivity contribution is 0.0978. The Balaban J connectivity index is 0.00000400. The second kappa shape index (κ2) is 10.2. The number of hydrogen-bond acceptors (Lipinski definition) is 7. The number of carbonyl (C=O) groups is 1. The molecule has 37 heavy (non-hydrogen) atoms. The van der Waals surface area contributed by atoms with E-state index >= 15 is 0 Å². The van der Waals surface area contributed by atoms with E-state index in [2.05, 4.69) is 9.97 Å². The number of nitrogens with two attached hydrogens (primary N) is 1. The zero-order valence-corrected chi connectivity index (χ0v) is 21.6. The number of halogens is 2. The van der Waals surface area contributed by atoms with Gasteiger partial charge in [0.05, 0.1) is 5.69 Å². The lowest BCUT2D eigenvalue weighted by atomic mass is 10.1. The van der Waals surface area contributed by atoms with E-state index in [-0.39, 0.29) is 35.0 Å². The van der Waals surface area contributed by atoms with Gasteiger partial charge in [0.15, 0.2) is 5.03 Å². The van der Waals surface area contributed by atoms with Gasteiger partial charge in [0, 0.05) is 12.0 Å². The van der Waals surface area contributed by atoms with Crippen LogP contribution in [0.3, 0.4) is 0 Å². The third kappa shape index (κ3) is 5.71. The number of nitrogens with one attached hydrogen (secondary N) is 1. The van der Waals surface area contributed by atoms with E-state index in [4.69, 9.17) is 22.1 Å². The smallest absolute Gasteiger partial charge is 0.281 e. The Morgan fingerprint density at radius 1 is 1.03 bits per heavy atom. The van der Waals surface area contributed by atoms with Crippen LogP contribution in [0.5, 0.6) is 11.6 Å². The van der Waals surface area contributed by atoms with Crippen LogP contribution < -0.4 is 15.2 Å². The molecule has 0 aliphatic heterocycles. The summed E-state index contributed by atoms with van der Waals surface area (Å²) in [5, 5.41) is -0.221. The van der Waals surface area contributed by atoms with E-state index in [1.54, 1.807) is 0 Å². The largest absolute Gasteiger partial charge is 0.438 e. The standard InChI is InChI=1S/C26H22ClFN4O4S.H2/c1-14-11-15(2)24(16(3)12-14)36-26-19(9-10-21(30-26)18-8-7-17(27)13-20(18)28)25(33)32-37(34,35)23-6-4-5-22(29)31-23;/h4-13H,1-3H3,(H2,29,31)(H,32,33);1H. The minimum atomic E-state index is -4.36. The number of ether oxygens (including phenoxy) is 1. The monoisotopic (exact) mass is 542 g/mol. The molecule has 0 aliphatic carbocycles. The van der Waals surface area contributed by atoms with Gasteiger partial charge in [-0.1, -0.05) is 35.4 Å². The van der Waals surface area contributed by atoms with E-state index in [0.29, 0.717) is 5.75 Å². The van der Waals surface area contributed by atoms with Gasteiger partial charge in [-0.05, 0) is 74.4 Å². The number of nitrogen functional groups attached to an aromatic ring is 1. The SMILES string of the molecule is Cc1cc(C)c(Oc2nc(-c3ccc(Cl)cc3F)ccc2C(=O)NS(=O)(=O)c2cccc(N)n2)c(C)c1.[HH]. The fourth-order valence-electron chi connectivity index (χ4n) is 3.77. The molecule has 0 atom stereocenters. The van der Waals surface area contributed by atoms with Gasteiger partial charge in [-0.25, -0.2) is 19.1 Å². The van der Waals surface area contributed by atoms with Crippen LogP contribution in [0.15, 0.2) is 65.7 Å². The van der Waals surface area contributed by atoms with Crippen molar-refractivity contribution in [3.05, 3.63) is 93.8 Å². The maximum Gasteiger partial charge on any atom is 0.281 e. The maximum atomic E-state index is 14.6. The summed E-state index contributed by atoms with van der Waals surface area (Å²) in [6.07, 6.45) is 0. The first-order valence-electron chi connectivity index (χ1n) is 11.0. The van der Waals surface area contributed by atoms with Crippen LogP contribution in [0.2, 0.25) is 5.02 Å². The molecule has 0 saturated heterocycles. The number of aryl methyl sites for hydroxylation is 3. The summed E-state index contributed by atoms with van der Waals surface area (Å²) in [4.78, 5) is 21.3. The molecule has 8 nitrogen and oxygen atoms in total. The Morgan fingerprint density at radius 3 is 2.38 bits per heavy atom. The van der Waals surface area contributed by atoms with Gasteiger partial charge in [0.25, 0.3) is 15.9 Å². The molecule has 0 bridgehead atoms. The van der Waals surface area contributed by atoms with Crippen LogP contribution in [-0.2, 0) is 10.0 Å². The number of benzene rings is 2. The molecule has 0 fully saturated rings. The van der Waals surface area contributed by atoms with E-state index in [9.17, 15) is 17.6 Å². The molecule has 0 spiro atoms. The number of anilines is 1. The fourth-order valence-corrected chi connectivity index (χ4v) is 4.87. The zero-order chi connectivity index (χ0) is 26.9. The van der Waals surface area contributed by atoms with E-state index < -0.39 is 26.8 Å². The Bertz CT molecular complexity index is 1630. The number of sulfonamides is 1. The first-order valence-corrected chi connectivity index (χ1v) is 12.8. The first-order chi connectivity index (χ1) is 17.4. The second-order valence-corrected chi connectivity index (χ2v) is 10.4. The summed E-state index contributed by atoms with van der Waals surface area (Å²) in [6.45, 7) is 5.58. The highest BCUT2D eigenvalue weighted by Crippen LogP contribution is 2.33. The Kier molecular flexibility index (Phi) is 7.15. The molecule has 4 rings (SSSR count). The number of carbonyl (C=O) groups excluding carboxylic acids is 1.